The number of hydrogen-bond donors (Lipinski definition) is 2. The largest absolute Gasteiger partial charge is 0.374 e. The molecular formula is C9H15N3OS. The van der Waals surface area contributed by atoms with Crippen LogP contribution in [0, 0.1) is 0 Å². The molecule has 1 fully saturated rings. The predicted molar refractivity (Wildman–Crippen MR) is 56.4 cm³/mol. The first-order chi connectivity index (χ1) is 6.95. The molecule has 0 amide bonds. The number of nitrogens with zero attached hydrogens (tertiary/aromatic N) is 1. The van der Waals surface area contributed by atoms with Crippen LogP contribution in [-0.2, 0) is 11.3 Å². The summed E-state index contributed by atoms with van der Waals surface area (Å²) in [7, 11) is 0. The number of ether oxygens (including phenoxy) is 1. The van der Waals surface area contributed by atoms with Gasteiger partial charge in [-0.2, -0.15) is 0 Å². The summed E-state index contributed by atoms with van der Waals surface area (Å²) in [6.45, 7) is 4.49. The zero-order chi connectivity index (χ0) is 9.64. The monoisotopic (exact) mass is 213 g/mol. The average molecular weight is 213 g/mol. The van der Waals surface area contributed by atoms with Gasteiger partial charge in [0.15, 0.2) is 0 Å². The van der Waals surface area contributed by atoms with Gasteiger partial charge in [0.25, 0.3) is 0 Å². The molecule has 0 aromatic carbocycles. The van der Waals surface area contributed by atoms with Crippen LogP contribution in [0.5, 0.6) is 0 Å². The molecule has 1 aliphatic heterocycles. The Hall–Kier alpha value is -0.490. The fourth-order valence-corrected chi connectivity index (χ4v) is 2.02. The van der Waals surface area contributed by atoms with Crippen molar-refractivity contribution < 1.29 is 4.74 Å². The summed E-state index contributed by atoms with van der Waals surface area (Å²) in [5, 5.41) is 9.77. The van der Waals surface area contributed by atoms with E-state index < -0.39 is 0 Å². The average Bonchev–Trinajstić information content (AvgIpc) is 2.72. The van der Waals surface area contributed by atoms with E-state index in [1.165, 1.54) is 0 Å². The van der Waals surface area contributed by atoms with Gasteiger partial charge in [-0.05, 0) is 0 Å². The highest BCUT2D eigenvalue weighted by Gasteiger charge is 2.12. The van der Waals surface area contributed by atoms with Crippen molar-refractivity contribution in [2.45, 2.75) is 12.6 Å². The quantitative estimate of drug-likeness (QED) is 0.751. The molecule has 0 radical (unpaired) electrons. The molecule has 2 rings (SSSR count). The summed E-state index contributed by atoms with van der Waals surface area (Å²) in [5.74, 6) is 0. The van der Waals surface area contributed by atoms with E-state index in [2.05, 4.69) is 15.6 Å². The van der Waals surface area contributed by atoms with Crippen LogP contribution in [0.15, 0.2) is 11.6 Å². The number of thiazole rings is 1. The molecule has 1 aromatic heterocycles. The predicted octanol–water partition coefficient (Wildman–Crippen LogP) is 0.221. The number of rotatable bonds is 4. The summed E-state index contributed by atoms with van der Waals surface area (Å²) in [5.41, 5.74) is 0. The molecule has 0 aliphatic carbocycles. The van der Waals surface area contributed by atoms with E-state index in [0.717, 1.165) is 37.8 Å². The molecule has 4 nitrogen and oxygen atoms in total. The van der Waals surface area contributed by atoms with Crippen molar-refractivity contribution >= 4 is 11.3 Å². The minimum absolute atomic E-state index is 0.309. The van der Waals surface area contributed by atoms with Crippen LogP contribution in [0.1, 0.15) is 5.01 Å². The van der Waals surface area contributed by atoms with Gasteiger partial charge >= 0.3 is 0 Å². The number of morpholine rings is 1. The number of hydrogen-bond acceptors (Lipinski definition) is 5. The molecule has 1 unspecified atom stereocenters. The van der Waals surface area contributed by atoms with E-state index in [0.29, 0.717) is 6.10 Å². The van der Waals surface area contributed by atoms with Gasteiger partial charge in [-0.3, -0.25) is 0 Å². The standard InChI is InChI=1S/C9H15N3OS/c1-3-13-8(5-10-1)6-11-7-9-12-2-4-14-9/h2,4,8,10-11H,1,3,5-7H2. The normalized spacial score (nSPS) is 22.4. The lowest BCUT2D eigenvalue weighted by Crippen LogP contribution is -2.43. The number of nitrogens with one attached hydrogen (secondary N) is 2. The first-order valence-corrected chi connectivity index (χ1v) is 5.74. The van der Waals surface area contributed by atoms with Gasteiger partial charge in [0.1, 0.15) is 5.01 Å². The van der Waals surface area contributed by atoms with Gasteiger partial charge < -0.3 is 15.4 Å². The van der Waals surface area contributed by atoms with Crippen LogP contribution in [0.25, 0.3) is 0 Å². The highest BCUT2D eigenvalue weighted by atomic mass is 32.1. The lowest BCUT2D eigenvalue weighted by atomic mass is 10.3. The second kappa shape index (κ2) is 5.41. The Morgan fingerprint density at radius 1 is 1.71 bits per heavy atom. The van der Waals surface area contributed by atoms with Crippen molar-refractivity contribution in [2.75, 3.05) is 26.2 Å². The molecule has 78 valence electrons. The Labute approximate surface area is 87.7 Å². The van der Waals surface area contributed by atoms with Gasteiger partial charge in [0, 0.05) is 37.8 Å². The third-order valence-corrected chi connectivity index (χ3v) is 2.92. The molecule has 2 heterocycles. The van der Waals surface area contributed by atoms with E-state index in [9.17, 15) is 0 Å². The maximum absolute atomic E-state index is 5.56. The molecule has 5 heteroatoms. The third-order valence-electron chi connectivity index (χ3n) is 2.14. The van der Waals surface area contributed by atoms with Crippen LogP contribution >= 0.6 is 11.3 Å². The lowest BCUT2D eigenvalue weighted by molar-refractivity contribution is 0.0290. The van der Waals surface area contributed by atoms with Crippen molar-refractivity contribution in [2.24, 2.45) is 0 Å². The fraction of sp³-hybridized carbons (Fsp3) is 0.667. The maximum Gasteiger partial charge on any atom is 0.106 e. The zero-order valence-electron chi connectivity index (χ0n) is 8.03. The molecule has 2 N–H and O–H groups in total. The van der Waals surface area contributed by atoms with E-state index >= 15 is 0 Å². The van der Waals surface area contributed by atoms with Crippen LogP contribution in [-0.4, -0.2) is 37.3 Å². The highest BCUT2D eigenvalue weighted by Crippen LogP contribution is 2.03. The second-order valence-electron chi connectivity index (χ2n) is 3.25. The van der Waals surface area contributed by atoms with Crippen molar-refractivity contribution in [1.29, 1.82) is 0 Å². The van der Waals surface area contributed by atoms with Crippen LogP contribution in [0.3, 0.4) is 0 Å². The van der Waals surface area contributed by atoms with Crippen molar-refractivity contribution in [3.63, 3.8) is 0 Å². The molecule has 1 saturated heterocycles. The zero-order valence-corrected chi connectivity index (χ0v) is 8.85. The van der Waals surface area contributed by atoms with Gasteiger partial charge in [0.2, 0.25) is 0 Å². The summed E-state index contributed by atoms with van der Waals surface area (Å²) < 4.78 is 5.56. The Kier molecular flexibility index (Phi) is 3.88. The molecule has 1 atom stereocenters. The van der Waals surface area contributed by atoms with Gasteiger partial charge in [0.05, 0.1) is 12.7 Å². The van der Waals surface area contributed by atoms with Crippen molar-refractivity contribution in [3.05, 3.63) is 16.6 Å². The van der Waals surface area contributed by atoms with Crippen LogP contribution in [0.2, 0.25) is 0 Å². The van der Waals surface area contributed by atoms with Gasteiger partial charge in [-0.1, -0.05) is 0 Å². The minimum atomic E-state index is 0.309. The fourth-order valence-electron chi connectivity index (χ4n) is 1.43. The molecule has 14 heavy (non-hydrogen) atoms. The summed E-state index contributed by atoms with van der Waals surface area (Å²) >= 11 is 1.68. The van der Waals surface area contributed by atoms with Gasteiger partial charge in [-0.25, -0.2) is 4.98 Å². The summed E-state index contributed by atoms with van der Waals surface area (Å²) in [6.07, 6.45) is 2.14. The minimum Gasteiger partial charge on any atom is -0.374 e. The van der Waals surface area contributed by atoms with E-state index in [1.807, 2.05) is 11.6 Å². The third kappa shape index (κ3) is 3.02. The van der Waals surface area contributed by atoms with E-state index in [4.69, 9.17) is 4.74 Å². The highest BCUT2D eigenvalue weighted by molar-refractivity contribution is 7.09. The summed E-state index contributed by atoms with van der Waals surface area (Å²) in [6, 6.07) is 0. The SMILES string of the molecule is c1csc(CNCC2CNCCO2)n1. The Bertz CT molecular complexity index is 247. The van der Waals surface area contributed by atoms with Crippen LogP contribution in [0.4, 0.5) is 0 Å². The Balaban J connectivity index is 1.62. The van der Waals surface area contributed by atoms with Gasteiger partial charge in [-0.15, -0.1) is 11.3 Å². The molecule has 0 spiro atoms. The molecular weight excluding hydrogens is 198 g/mol. The van der Waals surface area contributed by atoms with Crippen molar-refractivity contribution in [3.8, 4) is 0 Å². The first kappa shape index (κ1) is 10.0. The molecule has 1 aliphatic rings. The van der Waals surface area contributed by atoms with E-state index in [1.54, 1.807) is 11.3 Å². The lowest BCUT2D eigenvalue weighted by Gasteiger charge is -2.23. The van der Waals surface area contributed by atoms with Crippen LogP contribution < -0.4 is 10.6 Å². The second-order valence-corrected chi connectivity index (χ2v) is 4.23. The maximum atomic E-state index is 5.56. The topological polar surface area (TPSA) is 46.2 Å². The molecule has 0 saturated carbocycles. The van der Waals surface area contributed by atoms with E-state index in [-0.39, 0.29) is 0 Å². The number of aromatic nitrogens is 1. The Morgan fingerprint density at radius 3 is 3.43 bits per heavy atom. The molecule has 0 bridgehead atoms. The molecule has 1 aromatic rings. The Morgan fingerprint density at radius 2 is 2.71 bits per heavy atom. The summed E-state index contributed by atoms with van der Waals surface area (Å²) in [4.78, 5) is 4.20. The first-order valence-electron chi connectivity index (χ1n) is 4.86. The van der Waals surface area contributed by atoms with Crippen molar-refractivity contribution in [1.82, 2.24) is 15.6 Å². The smallest absolute Gasteiger partial charge is 0.106 e.